The number of nitrogens with one attached hydrogen (secondary N) is 1. The molecule has 1 N–H and O–H groups in total. The number of nitrogens with zero attached hydrogens (tertiary/aromatic N) is 2. The van der Waals surface area contributed by atoms with E-state index in [0.29, 0.717) is 23.1 Å². The van der Waals surface area contributed by atoms with E-state index in [4.69, 9.17) is 4.74 Å². The molecule has 5 rings (SSSR count). The fourth-order valence-electron chi connectivity index (χ4n) is 3.81. The Labute approximate surface area is 182 Å². The third-order valence-electron chi connectivity index (χ3n) is 5.36. The summed E-state index contributed by atoms with van der Waals surface area (Å²) in [6, 6.07) is 21.6. The Morgan fingerprint density at radius 2 is 1.84 bits per heavy atom. The summed E-state index contributed by atoms with van der Waals surface area (Å²) in [5.74, 6) is 1.71. The highest BCUT2D eigenvalue weighted by Crippen LogP contribution is 2.32. The Morgan fingerprint density at radius 3 is 2.68 bits per heavy atom. The molecule has 156 valence electrons. The zero-order chi connectivity index (χ0) is 21.4. The molecule has 1 aliphatic rings. The molecule has 0 saturated heterocycles. The summed E-state index contributed by atoms with van der Waals surface area (Å²) < 4.78 is 19.5. The van der Waals surface area contributed by atoms with Crippen molar-refractivity contribution in [2.75, 3.05) is 11.9 Å². The van der Waals surface area contributed by atoms with E-state index >= 15 is 0 Å². The van der Waals surface area contributed by atoms with Crippen LogP contribution < -0.4 is 10.1 Å². The van der Waals surface area contributed by atoms with Crippen LogP contribution in [0.25, 0.3) is 16.5 Å². The SMILES string of the molecule is Cc1ccccc1-n1nc2c(c1NC(=O)COc1ccc3ccccc3c1)C[S@](=O)C2. The van der Waals surface area contributed by atoms with Crippen LogP contribution >= 0.6 is 0 Å². The lowest BCUT2D eigenvalue weighted by atomic mass is 10.1. The molecule has 2 heterocycles. The van der Waals surface area contributed by atoms with E-state index in [-0.39, 0.29) is 12.5 Å². The van der Waals surface area contributed by atoms with Gasteiger partial charge in [-0.25, -0.2) is 4.68 Å². The normalized spacial score (nSPS) is 15.1. The summed E-state index contributed by atoms with van der Waals surface area (Å²) in [5, 5.41) is 9.76. The maximum atomic E-state index is 12.7. The fourth-order valence-corrected chi connectivity index (χ4v) is 5.07. The van der Waals surface area contributed by atoms with E-state index in [9.17, 15) is 9.00 Å². The average molecular weight is 432 g/mol. The molecule has 1 amide bonds. The van der Waals surface area contributed by atoms with Gasteiger partial charge in [0, 0.05) is 16.4 Å². The molecule has 4 aromatic rings. The monoisotopic (exact) mass is 431 g/mol. The highest BCUT2D eigenvalue weighted by Gasteiger charge is 2.28. The van der Waals surface area contributed by atoms with E-state index in [1.54, 1.807) is 4.68 Å². The number of aromatic nitrogens is 2. The minimum absolute atomic E-state index is 0.130. The van der Waals surface area contributed by atoms with Crippen LogP contribution in [-0.2, 0) is 27.1 Å². The molecule has 6 nitrogen and oxygen atoms in total. The van der Waals surface area contributed by atoms with Crippen molar-refractivity contribution in [2.24, 2.45) is 0 Å². The number of hydrogen-bond donors (Lipinski definition) is 1. The number of carbonyl (C=O) groups excluding carboxylic acids is 1. The number of ether oxygens (including phenoxy) is 1. The first kappa shape index (κ1) is 19.5. The van der Waals surface area contributed by atoms with Gasteiger partial charge in [0.25, 0.3) is 5.91 Å². The Kier molecular flexibility index (Phi) is 5.03. The second kappa shape index (κ2) is 8.00. The van der Waals surface area contributed by atoms with Crippen molar-refractivity contribution in [3.05, 3.63) is 83.6 Å². The molecule has 0 unspecified atom stereocenters. The third kappa shape index (κ3) is 3.84. The minimum atomic E-state index is -0.989. The number of aryl methyl sites for hydroxylation is 1. The van der Waals surface area contributed by atoms with Gasteiger partial charge in [0.1, 0.15) is 11.6 Å². The molecule has 0 spiro atoms. The molecular weight excluding hydrogens is 410 g/mol. The Balaban J connectivity index is 1.38. The second-order valence-corrected chi connectivity index (χ2v) is 9.00. The van der Waals surface area contributed by atoms with Crippen LogP contribution in [0, 0.1) is 6.92 Å². The highest BCUT2D eigenvalue weighted by molar-refractivity contribution is 7.83. The van der Waals surface area contributed by atoms with Crippen LogP contribution in [0.5, 0.6) is 5.75 Å². The van der Waals surface area contributed by atoms with E-state index < -0.39 is 10.8 Å². The van der Waals surface area contributed by atoms with Crippen molar-refractivity contribution in [3.63, 3.8) is 0 Å². The first-order chi connectivity index (χ1) is 15.1. The zero-order valence-electron chi connectivity index (χ0n) is 17.0. The first-order valence-corrected chi connectivity index (χ1v) is 11.5. The number of para-hydroxylation sites is 1. The van der Waals surface area contributed by atoms with Gasteiger partial charge in [-0.2, -0.15) is 5.10 Å². The quantitative estimate of drug-likeness (QED) is 0.516. The van der Waals surface area contributed by atoms with Crippen LogP contribution in [0.2, 0.25) is 0 Å². The molecule has 0 radical (unpaired) electrons. The van der Waals surface area contributed by atoms with E-state index in [1.807, 2.05) is 73.7 Å². The second-order valence-electron chi connectivity index (χ2n) is 7.55. The number of anilines is 1. The van der Waals surface area contributed by atoms with Gasteiger partial charge in [-0.15, -0.1) is 0 Å². The van der Waals surface area contributed by atoms with Crippen LogP contribution in [0.15, 0.2) is 66.7 Å². The number of benzene rings is 3. The largest absolute Gasteiger partial charge is 0.484 e. The van der Waals surface area contributed by atoms with Gasteiger partial charge in [-0.3, -0.25) is 9.00 Å². The van der Waals surface area contributed by atoms with Crippen LogP contribution in [-0.4, -0.2) is 26.5 Å². The van der Waals surface area contributed by atoms with Gasteiger partial charge in [-0.05, 0) is 41.5 Å². The van der Waals surface area contributed by atoms with Gasteiger partial charge in [0.15, 0.2) is 6.61 Å². The predicted octanol–water partition coefficient (Wildman–Crippen LogP) is 4.11. The summed E-state index contributed by atoms with van der Waals surface area (Å²) in [5.41, 5.74) is 3.52. The standard InChI is InChI=1S/C24H21N3O3S/c1-16-6-2-5-9-22(16)27-24(20-14-31(29)15-21(20)26-27)25-23(28)13-30-19-11-10-17-7-3-4-8-18(17)12-19/h2-12H,13-15H2,1H3,(H,25,28)/t31-/m0/s1. The molecule has 1 aliphatic heterocycles. The van der Waals surface area contributed by atoms with E-state index in [2.05, 4.69) is 10.4 Å². The summed E-state index contributed by atoms with van der Waals surface area (Å²) in [4.78, 5) is 12.7. The molecule has 1 atom stereocenters. The lowest BCUT2D eigenvalue weighted by molar-refractivity contribution is -0.118. The van der Waals surface area contributed by atoms with Gasteiger partial charge >= 0.3 is 0 Å². The van der Waals surface area contributed by atoms with Crippen LogP contribution in [0.3, 0.4) is 0 Å². The van der Waals surface area contributed by atoms with Crippen molar-refractivity contribution in [1.29, 1.82) is 0 Å². The maximum Gasteiger partial charge on any atom is 0.263 e. The van der Waals surface area contributed by atoms with Gasteiger partial charge in [0.05, 0.1) is 22.9 Å². The average Bonchev–Trinajstić information content (AvgIpc) is 3.29. The molecule has 1 aromatic heterocycles. The molecule has 3 aromatic carbocycles. The predicted molar refractivity (Wildman–Crippen MR) is 122 cm³/mol. The smallest absolute Gasteiger partial charge is 0.263 e. The maximum absolute atomic E-state index is 12.7. The number of hydrogen-bond acceptors (Lipinski definition) is 4. The molecule has 7 heteroatoms. The van der Waals surface area contributed by atoms with Crippen molar-refractivity contribution in [3.8, 4) is 11.4 Å². The minimum Gasteiger partial charge on any atom is -0.484 e. The molecule has 31 heavy (non-hydrogen) atoms. The number of rotatable bonds is 5. The molecular formula is C24H21N3O3S. The van der Waals surface area contributed by atoms with Crippen molar-refractivity contribution >= 4 is 33.3 Å². The Morgan fingerprint density at radius 1 is 1.06 bits per heavy atom. The summed E-state index contributed by atoms with van der Waals surface area (Å²) in [7, 11) is -0.989. The molecule has 0 saturated carbocycles. The van der Waals surface area contributed by atoms with E-state index in [0.717, 1.165) is 33.3 Å². The first-order valence-electron chi connectivity index (χ1n) is 10.0. The molecule has 0 aliphatic carbocycles. The van der Waals surface area contributed by atoms with Crippen molar-refractivity contribution in [1.82, 2.24) is 9.78 Å². The van der Waals surface area contributed by atoms with Crippen LogP contribution in [0.4, 0.5) is 5.82 Å². The number of fused-ring (bicyclic) bond motifs is 2. The highest BCUT2D eigenvalue weighted by atomic mass is 32.2. The summed E-state index contributed by atoms with van der Waals surface area (Å²) in [6.07, 6.45) is 0. The van der Waals surface area contributed by atoms with Crippen molar-refractivity contribution in [2.45, 2.75) is 18.4 Å². The fraction of sp³-hybridized carbons (Fsp3) is 0.167. The van der Waals surface area contributed by atoms with Gasteiger partial charge in [0.2, 0.25) is 0 Å². The Hall–Kier alpha value is -3.45. The summed E-state index contributed by atoms with van der Waals surface area (Å²) >= 11 is 0. The number of carbonyl (C=O) groups is 1. The van der Waals surface area contributed by atoms with Gasteiger partial charge < -0.3 is 10.1 Å². The molecule has 0 bridgehead atoms. The van der Waals surface area contributed by atoms with Crippen molar-refractivity contribution < 1.29 is 13.7 Å². The Bertz CT molecular complexity index is 1330. The topological polar surface area (TPSA) is 73.2 Å². The lowest BCUT2D eigenvalue weighted by Gasteiger charge is -2.13. The third-order valence-corrected chi connectivity index (χ3v) is 6.57. The van der Waals surface area contributed by atoms with Crippen LogP contribution in [0.1, 0.15) is 16.8 Å². The van der Waals surface area contributed by atoms with Gasteiger partial charge in [-0.1, -0.05) is 48.5 Å². The zero-order valence-corrected chi connectivity index (χ0v) is 17.8. The lowest BCUT2D eigenvalue weighted by Crippen LogP contribution is -2.22. The van der Waals surface area contributed by atoms with E-state index in [1.165, 1.54) is 0 Å². The number of amides is 1. The summed E-state index contributed by atoms with van der Waals surface area (Å²) in [6.45, 7) is 1.86. The molecule has 0 fully saturated rings.